The van der Waals surface area contributed by atoms with Crippen molar-refractivity contribution < 1.29 is 4.74 Å². The molecule has 1 heteroatoms. The molecule has 0 spiro atoms. The van der Waals surface area contributed by atoms with Gasteiger partial charge in [-0.2, -0.15) is 0 Å². The number of unbranched alkanes of at least 4 members (excludes halogenated alkanes) is 3. The Balaban J connectivity index is 0.000000286. The molecule has 1 aliphatic heterocycles. The van der Waals surface area contributed by atoms with Crippen LogP contribution in [-0.4, -0.2) is 12.7 Å². The van der Waals surface area contributed by atoms with Crippen molar-refractivity contribution >= 4 is 0 Å². The number of fused-ring (bicyclic) bond motifs is 5. The van der Waals surface area contributed by atoms with E-state index in [1.807, 2.05) is 0 Å². The van der Waals surface area contributed by atoms with Gasteiger partial charge in [-0.3, -0.25) is 0 Å². The lowest BCUT2D eigenvalue weighted by Gasteiger charge is -2.61. The number of ether oxygens (including phenoxy) is 1. The Kier molecular flexibility index (Phi) is 10.4. The summed E-state index contributed by atoms with van der Waals surface area (Å²) >= 11 is 0. The summed E-state index contributed by atoms with van der Waals surface area (Å²) in [5.74, 6) is 7.15. The normalized spacial score (nSPS) is 42.1. The van der Waals surface area contributed by atoms with Gasteiger partial charge in [0.05, 0.1) is 12.7 Å². The molecule has 0 radical (unpaired) electrons. The zero-order chi connectivity index (χ0) is 25.8. The summed E-state index contributed by atoms with van der Waals surface area (Å²) in [5.41, 5.74) is 1.39. The fourth-order valence-electron chi connectivity index (χ4n) is 10.4. The molecule has 0 N–H and O–H groups in total. The van der Waals surface area contributed by atoms with Gasteiger partial charge in [0.25, 0.3) is 0 Å². The average Bonchev–Trinajstić information content (AvgIpc) is 3.60. The van der Waals surface area contributed by atoms with Crippen LogP contribution in [0.3, 0.4) is 0 Å². The zero-order valence-electron chi connectivity index (χ0n) is 25.5. The highest BCUT2D eigenvalue weighted by atomic mass is 16.6. The molecule has 36 heavy (non-hydrogen) atoms. The molecule has 5 aliphatic rings. The fraction of sp³-hybridized carbons (Fsp3) is 1.00. The maximum Gasteiger partial charge on any atom is 0.0810 e. The Bertz CT molecular complexity index is 651. The molecule has 4 saturated carbocycles. The van der Waals surface area contributed by atoms with Gasteiger partial charge in [0.15, 0.2) is 0 Å². The van der Waals surface area contributed by atoms with Crippen LogP contribution >= 0.6 is 0 Å². The van der Waals surface area contributed by atoms with Crippen LogP contribution in [0.4, 0.5) is 0 Å². The molecule has 1 nitrogen and oxygen atoms in total. The number of hydrogen-bond acceptors (Lipinski definition) is 1. The van der Waals surface area contributed by atoms with Crippen LogP contribution in [0.15, 0.2) is 0 Å². The lowest BCUT2D eigenvalue weighted by Crippen LogP contribution is -2.53. The van der Waals surface area contributed by atoms with Crippen LogP contribution in [-0.2, 0) is 4.74 Å². The van der Waals surface area contributed by atoms with E-state index in [9.17, 15) is 0 Å². The van der Waals surface area contributed by atoms with Crippen LogP contribution in [0.25, 0.3) is 0 Å². The number of epoxide rings is 1. The van der Waals surface area contributed by atoms with Crippen molar-refractivity contribution in [3.63, 3.8) is 0 Å². The largest absolute Gasteiger partial charge is 0.373 e. The summed E-state index contributed by atoms with van der Waals surface area (Å²) < 4.78 is 5.09. The van der Waals surface area contributed by atoms with Crippen molar-refractivity contribution in [3.8, 4) is 0 Å². The highest BCUT2D eigenvalue weighted by molar-refractivity contribution is 5.09. The molecule has 2 unspecified atom stereocenters. The Morgan fingerprint density at radius 2 is 1.53 bits per heavy atom. The molecule has 4 aliphatic carbocycles. The molecule has 0 bridgehead atoms. The van der Waals surface area contributed by atoms with E-state index in [2.05, 4.69) is 41.5 Å². The van der Waals surface area contributed by atoms with Gasteiger partial charge >= 0.3 is 0 Å². The molecule has 5 rings (SSSR count). The molecule has 210 valence electrons. The van der Waals surface area contributed by atoms with Gasteiger partial charge in [-0.25, -0.2) is 0 Å². The lowest BCUT2D eigenvalue weighted by atomic mass is 9.44. The monoisotopic (exact) mass is 500 g/mol. The van der Waals surface area contributed by atoms with Crippen molar-refractivity contribution in [3.05, 3.63) is 0 Å². The summed E-state index contributed by atoms with van der Waals surface area (Å²) in [6.45, 7) is 16.2. The van der Waals surface area contributed by atoms with Gasteiger partial charge in [-0.05, 0) is 110 Å². The molecular formula is C35H64O. The van der Waals surface area contributed by atoms with Crippen LogP contribution in [0.1, 0.15) is 157 Å². The first-order valence-electron chi connectivity index (χ1n) is 16.9. The van der Waals surface area contributed by atoms with Gasteiger partial charge in [0.2, 0.25) is 0 Å². The molecule has 5 fully saturated rings. The molecule has 1 saturated heterocycles. The first-order valence-corrected chi connectivity index (χ1v) is 16.9. The summed E-state index contributed by atoms with van der Waals surface area (Å²) in [7, 11) is 0. The van der Waals surface area contributed by atoms with E-state index < -0.39 is 0 Å². The van der Waals surface area contributed by atoms with Crippen LogP contribution in [0, 0.1) is 52.3 Å². The second-order valence-corrected chi connectivity index (χ2v) is 15.2. The van der Waals surface area contributed by atoms with E-state index in [1.165, 1.54) is 64.2 Å². The van der Waals surface area contributed by atoms with Gasteiger partial charge in [-0.15, -0.1) is 0 Å². The third kappa shape index (κ3) is 6.57. The smallest absolute Gasteiger partial charge is 0.0810 e. The summed E-state index contributed by atoms with van der Waals surface area (Å²) in [6, 6.07) is 0. The summed E-state index contributed by atoms with van der Waals surface area (Å²) in [4.78, 5) is 0. The van der Waals surface area contributed by atoms with Crippen molar-refractivity contribution in [2.75, 3.05) is 6.61 Å². The first-order chi connectivity index (χ1) is 17.3. The minimum atomic E-state index is 0.654. The molecular weight excluding hydrogens is 436 g/mol. The molecule has 1 heterocycles. The quantitative estimate of drug-likeness (QED) is 0.214. The topological polar surface area (TPSA) is 12.5 Å². The van der Waals surface area contributed by atoms with E-state index in [1.54, 1.807) is 51.4 Å². The molecule has 9 atom stereocenters. The van der Waals surface area contributed by atoms with E-state index in [0.29, 0.717) is 16.9 Å². The molecule has 0 aromatic rings. The minimum absolute atomic E-state index is 0.654. The molecule has 0 aromatic carbocycles. The number of rotatable bonds is 10. The third-order valence-corrected chi connectivity index (χ3v) is 12.6. The molecule has 0 amide bonds. The maximum atomic E-state index is 5.09. The van der Waals surface area contributed by atoms with E-state index in [-0.39, 0.29) is 0 Å². The number of hydrogen-bond donors (Lipinski definition) is 0. The van der Waals surface area contributed by atoms with Crippen molar-refractivity contribution in [1.29, 1.82) is 0 Å². The van der Waals surface area contributed by atoms with Gasteiger partial charge in [0, 0.05) is 0 Å². The minimum Gasteiger partial charge on any atom is -0.373 e. The van der Waals surface area contributed by atoms with Gasteiger partial charge < -0.3 is 4.74 Å². The fourth-order valence-corrected chi connectivity index (χ4v) is 10.4. The second-order valence-electron chi connectivity index (χ2n) is 15.2. The predicted octanol–water partition coefficient (Wildman–Crippen LogP) is 10.9. The third-order valence-electron chi connectivity index (χ3n) is 12.6. The second kappa shape index (κ2) is 12.9. The van der Waals surface area contributed by atoms with Gasteiger partial charge in [0.1, 0.15) is 0 Å². The van der Waals surface area contributed by atoms with E-state index >= 15 is 0 Å². The van der Waals surface area contributed by atoms with Crippen molar-refractivity contribution in [1.82, 2.24) is 0 Å². The standard InChI is InChI=1S/C27H48.C8H16O/c1-19(2)9-8-10-20(3)23-14-15-24-22-13-12-21-11-6-7-17-26(21,4)25(22)16-18-27(23,24)5;1-2-3-4-5-6-8-7-9-8/h19-25H,6-18H2,1-5H3;8H,2-7H2,1H3/t20-,21?,22+,23-,24+,25+,26+,27-;/m1./s1. The molecule has 0 aromatic heterocycles. The van der Waals surface area contributed by atoms with Crippen LogP contribution in [0.5, 0.6) is 0 Å². The van der Waals surface area contributed by atoms with Crippen LogP contribution < -0.4 is 0 Å². The summed E-state index contributed by atoms with van der Waals surface area (Å²) in [5, 5.41) is 0. The Hall–Kier alpha value is -0.0400. The maximum absolute atomic E-state index is 5.09. The predicted molar refractivity (Wildman–Crippen MR) is 156 cm³/mol. The highest BCUT2D eigenvalue weighted by Gasteiger charge is 2.60. The SMILES string of the molecule is CC(C)CCC[C@@H](C)[C@H]1CC[C@H]2[C@@H]3CCC4CCCC[C@]4(C)[C@H]3CC[C@]12C.CCCCCCC1CO1. The summed E-state index contributed by atoms with van der Waals surface area (Å²) in [6.07, 6.45) is 27.4. The van der Waals surface area contributed by atoms with Crippen molar-refractivity contribution in [2.24, 2.45) is 52.3 Å². The zero-order valence-corrected chi connectivity index (χ0v) is 25.5. The Morgan fingerprint density at radius 3 is 2.25 bits per heavy atom. The van der Waals surface area contributed by atoms with E-state index in [4.69, 9.17) is 4.74 Å². The van der Waals surface area contributed by atoms with Crippen LogP contribution in [0.2, 0.25) is 0 Å². The first kappa shape index (κ1) is 29.0. The van der Waals surface area contributed by atoms with E-state index in [0.717, 1.165) is 48.0 Å². The Labute approximate surface area is 226 Å². The lowest BCUT2D eigenvalue weighted by molar-refractivity contribution is -0.114. The average molecular weight is 501 g/mol. The van der Waals surface area contributed by atoms with Gasteiger partial charge in [-0.1, -0.05) is 99.3 Å². The van der Waals surface area contributed by atoms with Crippen molar-refractivity contribution in [2.45, 2.75) is 163 Å². The Morgan fingerprint density at radius 1 is 0.750 bits per heavy atom. The highest BCUT2D eigenvalue weighted by Crippen LogP contribution is 2.68.